The van der Waals surface area contributed by atoms with Gasteiger partial charge in [-0.05, 0) is 12.8 Å². The van der Waals surface area contributed by atoms with Crippen LogP contribution in [0.3, 0.4) is 0 Å². The zero-order chi connectivity index (χ0) is 36.8. The molecule has 0 aromatic rings. The Labute approximate surface area is 308 Å². The van der Waals surface area contributed by atoms with Crippen molar-refractivity contribution in [2.45, 2.75) is 232 Å². The molecule has 0 aliphatic rings. The molecule has 0 radical (unpaired) electrons. The molecule has 0 spiro atoms. The molecule has 9 heteroatoms. The van der Waals surface area contributed by atoms with Crippen LogP contribution in [0, 0.1) is 0 Å². The molecule has 0 aromatic heterocycles. The highest BCUT2D eigenvalue weighted by molar-refractivity contribution is 7.47. The van der Waals surface area contributed by atoms with Gasteiger partial charge in [-0.1, -0.05) is 200 Å². The minimum atomic E-state index is -4.25. The molecule has 0 rings (SSSR count). The first-order chi connectivity index (χ1) is 24.3. The molecule has 1 N–H and O–H groups in total. The van der Waals surface area contributed by atoms with Crippen LogP contribution in [-0.2, 0) is 32.7 Å². The van der Waals surface area contributed by atoms with Crippen LogP contribution in [0.1, 0.15) is 226 Å². The standard InChI is InChI=1S/C41H81O8P/c1-4-6-8-10-12-14-16-18-19-20-21-22-23-24-26-28-30-32-34-36-41(43)49-39(38-48-50(44,45)46-3)37-47-40(42)35-33-31-29-27-25-17-15-13-11-9-7-5-2/h39H,4-38H2,1-3H3,(H,44,45). The molecule has 0 heterocycles. The first-order valence-corrected chi connectivity index (χ1v) is 22.7. The second-order valence-corrected chi connectivity index (χ2v) is 16.1. The SMILES string of the molecule is CCCCCCCCCCCCCCCCCCCCCC(=O)OC(COC(=O)CCCCCCCCCCCCCC)COP(=O)(O)OC. The molecular weight excluding hydrogens is 651 g/mol. The molecule has 8 nitrogen and oxygen atoms in total. The van der Waals surface area contributed by atoms with E-state index in [0.717, 1.165) is 45.6 Å². The molecule has 0 saturated carbocycles. The van der Waals surface area contributed by atoms with Crippen LogP contribution in [0.4, 0.5) is 0 Å². The first kappa shape index (κ1) is 49.0. The van der Waals surface area contributed by atoms with E-state index in [2.05, 4.69) is 18.4 Å². The Hall–Kier alpha value is -0.950. The van der Waals surface area contributed by atoms with Gasteiger partial charge in [-0.15, -0.1) is 0 Å². The lowest BCUT2D eigenvalue weighted by atomic mass is 10.0. The summed E-state index contributed by atoms with van der Waals surface area (Å²) in [6.45, 7) is 3.91. The second kappa shape index (κ2) is 37.8. The van der Waals surface area contributed by atoms with E-state index in [4.69, 9.17) is 14.0 Å². The molecule has 298 valence electrons. The Kier molecular flexibility index (Phi) is 37.1. The zero-order valence-corrected chi connectivity index (χ0v) is 34.0. The van der Waals surface area contributed by atoms with E-state index in [1.807, 2.05) is 0 Å². The molecule has 0 aliphatic carbocycles. The van der Waals surface area contributed by atoms with E-state index in [1.54, 1.807) is 0 Å². The van der Waals surface area contributed by atoms with Gasteiger partial charge in [-0.25, -0.2) is 4.57 Å². The summed E-state index contributed by atoms with van der Waals surface area (Å²) in [5.41, 5.74) is 0. The van der Waals surface area contributed by atoms with Gasteiger partial charge >= 0.3 is 19.8 Å². The molecule has 0 saturated heterocycles. The summed E-state index contributed by atoms with van der Waals surface area (Å²) < 4.78 is 32.0. The van der Waals surface area contributed by atoms with E-state index in [1.165, 1.54) is 161 Å². The molecule has 50 heavy (non-hydrogen) atoms. The van der Waals surface area contributed by atoms with Crippen molar-refractivity contribution in [3.8, 4) is 0 Å². The van der Waals surface area contributed by atoms with Gasteiger partial charge < -0.3 is 14.4 Å². The fourth-order valence-corrected chi connectivity index (χ4v) is 6.77. The van der Waals surface area contributed by atoms with E-state index in [-0.39, 0.29) is 19.0 Å². The van der Waals surface area contributed by atoms with Crippen molar-refractivity contribution in [3.05, 3.63) is 0 Å². The van der Waals surface area contributed by atoms with Gasteiger partial charge in [0.1, 0.15) is 6.61 Å². The number of carbonyl (C=O) groups is 2. The van der Waals surface area contributed by atoms with Crippen molar-refractivity contribution >= 4 is 19.8 Å². The van der Waals surface area contributed by atoms with Gasteiger partial charge in [0.2, 0.25) is 0 Å². The topological polar surface area (TPSA) is 108 Å². The first-order valence-electron chi connectivity index (χ1n) is 21.2. The Morgan fingerprint density at radius 3 is 1.10 bits per heavy atom. The van der Waals surface area contributed by atoms with E-state index in [0.29, 0.717) is 6.42 Å². The number of hydrogen-bond donors (Lipinski definition) is 1. The minimum absolute atomic E-state index is 0.217. The molecule has 0 fully saturated rings. The Morgan fingerprint density at radius 1 is 0.480 bits per heavy atom. The van der Waals surface area contributed by atoms with Gasteiger partial charge in [0.05, 0.1) is 6.61 Å². The van der Waals surface area contributed by atoms with E-state index >= 15 is 0 Å². The number of carbonyl (C=O) groups excluding carboxylic acids is 2. The highest BCUT2D eigenvalue weighted by atomic mass is 31.2. The van der Waals surface area contributed by atoms with Crippen molar-refractivity contribution in [1.29, 1.82) is 0 Å². The molecular formula is C41H81O8P. The predicted octanol–water partition coefficient (Wildman–Crippen LogP) is 13.1. The van der Waals surface area contributed by atoms with Gasteiger partial charge in [0.25, 0.3) is 0 Å². The summed E-state index contributed by atoms with van der Waals surface area (Å²) in [5, 5.41) is 0. The monoisotopic (exact) mass is 733 g/mol. The summed E-state index contributed by atoms with van der Waals surface area (Å²) in [6, 6.07) is 0. The normalized spacial score (nSPS) is 13.3. The van der Waals surface area contributed by atoms with E-state index < -0.39 is 26.5 Å². The number of phosphoric ester groups is 1. The van der Waals surface area contributed by atoms with Crippen molar-refractivity contribution in [3.63, 3.8) is 0 Å². The average molecular weight is 733 g/mol. The third-order valence-electron chi connectivity index (χ3n) is 9.60. The summed E-state index contributed by atoms with van der Waals surface area (Å²) >= 11 is 0. The van der Waals surface area contributed by atoms with Crippen molar-refractivity contribution in [2.75, 3.05) is 20.3 Å². The van der Waals surface area contributed by atoms with Crippen LogP contribution in [0.25, 0.3) is 0 Å². The zero-order valence-electron chi connectivity index (χ0n) is 33.1. The number of hydrogen-bond acceptors (Lipinski definition) is 7. The summed E-state index contributed by atoms with van der Waals surface area (Å²) in [5.74, 6) is -0.788. The molecule has 0 aliphatic heterocycles. The van der Waals surface area contributed by atoms with Crippen molar-refractivity contribution in [2.24, 2.45) is 0 Å². The number of esters is 2. The number of ether oxygens (including phenoxy) is 2. The third-order valence-corrected chi connectivity index (χ3v) is 10.5. The van der Waals surface area contributed by atoms with Crippen LogP contribution in [-0.4, -0.2) is 43.3 Å². The lowest BCUT2D eigenvalue weighted by Crippen LogP contribution is -2.29. The molecule has 2 unspecified atom stereocenters. The molecule has 0 bridgehead atoms. The van der Waals surface area contributed by atoms with Crippen LogP contribution in [0.2, 0.25) is 0 Å². The summed E-state index contributed by atoms with van der Waals surface area (Å²) in [4.78, 5) is 34.4. The maximum Gasteiger partial charge on any atom is 0.472 e. The maximum absolute atomic E-state index is 12.5. The highest BCUT2D eigenvalue weighted by Crippen LogP contribution is 2.42. The Morgan fingerprint density at radius 2 is 0.780 bits per heavy atom. The van der Waals surface area contributed by atoms with Gasteiger partial charge in [0.15, 0.2) is 6.10 Å². The molecule has 0 amide bonds. The summed E-state index contributed by atoms with van der Waals surface area (Å²) in [7, 11) is -3.18. The van der Waals surface area contributed by atoms with Crippen LogP contribution < -0.4 is 0 Å². The number of unbranched alkanes of at least 4 members (excludes halogenated alkanes) is 29. The van der Waals surface area contributed by atoms with Gasteiger partial charge in [-0.3, -0.25) is 18.6 Å². The lowest BCUT2D eigenvalue weighted by molar-refractivity contribution is -0.161. The minimum Gasteiger partial charge on any atom is -0.462 e. The third kappa shape index (κ3) is 36.8. The fraction of sp³-hybridized carbons (Fsp3) is 0.951. The number of phosphoric acid groups is 1. The maximum atomic E-state index is 12.5. The quantitative estimate of drug-likeness (QED) is 0.0377. The lowest BCUT2D eigenvalue weighted by Gasteiger charge is -2.19. The smallest absolute Gasteiger partial charge is 0.462 e. The van der Waals surface area contributed by atoms with Gasteiger partial charge in [0, 0.05) is 20.0 Å². The Bertz CT molecular complexity index is 793. The summed E-state index contributed by atoms with van der Waals surface area (Å²) in [6.07, 6.45) is 38.7. The average Bonchev–Trinajstić information content (AvgIpc) is 3.10. The van der Waals surface area contributed by atoms with Crippen molar-refractivity contribution in [1.82, 2.24) is 0 Å². The fourth-order valence-electron chi connectivity index (χ4n) is 6.31. The number of rotatable bonds is 40. The molecule has 2 atom stereocenters. The van der Waals surface area contributed by atoms with Crippen LogP contribution in [0.5, 0.6) is 0 Å². The predicted molar refractivity (Wildman–Crippen MR) is 207 cm³/mol. The largest absolute Gasteiger partial charge is 0.472 e. The highest BCUT2D eigenvalue weighted by Gasteiger charge is 2.24. The Balaban J connectivity index is 3.92. The van der Waals surface area contributed by atoms with Crippen LogP contribution in [0.15, 0.2) is 0 Å². The van der Waals surface area contributed by atoms with E-state index in [9.17, 15) is 19.0 Å². The second-order valence-electron chi connectivity index (χ2n) is 14.5. The molecule has 0 aromatic carbocycles. The van der Waals surface area contributed by atoms with Crippen molar-refractivity contribution < 1.29 is 37.6 Å². The van der Waals surface area contributed by atoms with Gasteiger partial charge in [-0.2, -0.15) is 0 Å². The van der Waals surface area contributed by atoms with Crippen LogP contribution >= 0.6 is 7.82 Å².